The Labute approximate surface area is 125 Å². The highest BCUT2D eigenvalue weighted by Gasteiger charge is 2.24. The van der Waals surface area contributed by atoms with Crippen LogP contribution < -0.4 is 10.2 Å². The van der Waals surface area contributed by atoms with Gasteiger partial charge in [0.1, 0.15) is 11.4 Å². The normalized spacial score (nSPS) is 16.0. The third-order valence-electron chi connectivity index (χ3n) is 3.27. The molecule has 7 heteroatoms. The first-order chi connectivity index (χ1) is 9.47. The fourth-order valence-electron chi connectivity index (χ4n) is 2.36. The van der Waals surface area contributed by atoms with Gasteiger partial charge in [0.25, 0.3) is 0 Å². The average Bonchev–Trinajstić information content (AvgIpc) is 2.39. The van der Waals surface area contributed by atoms with Crippen LogP contribution >= 0.6 is 15.9 Å². The van der Waals surface area contributed by atoms with Crippen LogP contribution in [0.15, 0.2) is 16.7 Å². The molecular weight excluding hydrogens is 326 g/mol. The van der Waals surface area contributed by atoms with Crippen molar-refractivity contribution in [3.8, 4) is 0 Å². The molecule has 0 saturated carbocycles. The average molecular weight is 342 g/mol. The second kappa shape index (κ2) is 6.21. The van der Waals surface area contributed by atoms with Crippen molar-refractivity contribution in [1.82, 2.24) is 10.3 Å². The second-order valence-corrected chi connectivity index (χ2v) is 5.71. The summed E-state index contributed by atoms with van der Waals surface area (Å²) in [5, 5.41) is 12.1. The first kappa shape index (κ1) is 14.8. The minimum Gasteiger partial charge on any atom is -0.478 e. The van der Waals surface area contributed by atoms with Gasteiger partial charge < -0.3 is 15.3 Å². The van der Waals surface area contributed by atoms with E-state index in [1.165, 1.54) is 6.92 Å². The lowest BCUT2D eigenvalue weighted by molar-refractivity contribution is -0.119. The Balaban J connectivity index is 2.11. The van der Waals surface area contributed by atoms with E-state index in [0.717, 1.165) is 12.8 Å². The van der Waals surface area contributed by atoms with Gasteiger partial charge in [0.05, 0.1) is 0 Å². The van der Waals surface area contributed by atoms with Crippen molar-refractivity contribution in [3.63, 3.8) is 0 Å². The number of rotatable bonds is 3. The second-order valence-electron chi connectivity index (χ2n) is 4.79. The molecule has 2 heterocycles. The molecule has 0 bridgehead atoms. The summed E-state index contributed by atoms with van der Waals surface area (Å²) in [6.45, 7) is 2.87. The number of amides is 1. The maximum atomic E-state index is 11.3. The SMILES string of the molecule is CC(=O)NC1CCN(c2ncc(Br)cc2C(=O)O)CC1. The van der Waals surface area contributed by atoms with Gasteiger partial charge in [-0.25, -0.2) is 9.78 Å². The first-order valence-corrected chi connectivity index (χ1v) is 7.17. The standard InChI is InChI=1S/C13H16BrN3O3/c1-8(18)16-10-2-4-17(5-3-10)12-11(13(19)20)6-9(14)7-15-12/h6-7,10H,2-5H2,1H3,(H,16,18)(H,19,20). The smallest absolute Gasteiger partial charge is 0.339 e. The van der Waals surface area contributed by atoms with E-state index < -0.39 is 5.97 Å². The third kappa shape index (κ3) is 3.47. The number of aromatic carboxylic acids is 1. The molecule has 2 rings (SSSR count). The number of aromatic nitrogens is 1. The largest absolute Gasteiger partial charge is 0.478 e. The molecule has 6 nitrogen and oxygen atoms in total. The zero-order valence-electron chi connectivity index (χ0n) is 11.1. The van der Waals surface area contributed by atoms with Crippen LogP contribution in [-0.4, -0.2) is 41.1 Å². The van der Waals surface area contributed by atoms with E-state index in [4.69, 9.17) is 0 Å². The molecule has 0 unspecified atom stereocenters. The van der Waals surface area contributed by atoms with Crippen molar-refractivity contribution < 1.29 is 14.7 Å². The number of anilines is 1. The summed E-state index contributed by atoms with van der Waals surface area (Å²) in [5.74, 6) is -0.531. The van der Waals surface area contributed by atoms with E-state index in [2.05, 4.69) is 26.2 Å². The van der Waals surface area contributed by atoms with Crippen LogP contribution in [0.4, 0.5) is 5.82 Å². The number of hydrogen-bond acceptors (Lipinski definition) is 4. The van der Waals surface area contributed by atoms with Crippen molar-refractivity contribution in [2.24, 2.45) is 0 Å². The van der Waals surface area contributed by atoms with Crippen molar-refractivity contribution in [3.05, 3.63) is 22.3 Å². The molecule has 1 amide bonds. The number of carbonyl (C=O) groups is 2. The molecule has 0 aliphatic carbocycles. The molecular formula is C13H16BrN3O3. The molecule has 0 aromatic carbocycles. The molecule has 1 saturated heterocycles. The molecule has 0 spiro atoms. The summed E-state index contributed by atoms with van der Waals surface area (Å²) in [4.78, 5) is 28.5. The Bertz CT molecular complexity index is 528. The zero-order chi connectivity index (χ0) is 14.7. The highest BCUT2D eigenvalue weighted by Crippen LogP contribution is 2.24. The quantitative estimate of drug-likeness (QED) is 0.873. The van der Waals surface area contributed by atoms with E-state index in [-0.39, 0.29) is 17.5 Å². The summed E-state index contributed by atoms with van der Waals surface area (Å²) in [6, 6.07) is 1.72. The highest BCUT2D eigenvalue weighted by molar-refractivity contribution is 9.10. The number of halogens is 1. The summed E-state index contributed by atoms with van der Waals surface area (Å²) < 4.78 is 0.645. The molecule has 1 aromatic rings. The number of nitrogens with one attached hydrogen (secondary N) is 1. The van der Waals surface area contributed by atoms with Crippen LogP contribution in [0.25, 0.3) is 0 Å². The Kier molecular flexibility index (Phi) is 4.59. The minimum atomic E-state index is -0.988. The number of pyridine rings is 1. The number of carboxylic acid groups (broad SMARTS) is 1. The van der Waals surface area contributed by atoms with Crippen molar-refractivity contribution in [2.75, 3.05) is 18.0 Å². The molecule has 1 aliphatic rings. The monoisotopic (exact) mass is 341 g/mol. The van der Waals surface area contributed by atoms with Gasteiger partial charge in [-0.1, -0.05) is 0 Å². The van der Waals surface area contributed by atoms with E-state index >= 15 is 0 Å². The van der Waals surface area contributed by atoms with Crippen LogP contribution in [0, 0.1) is 0 Å². The summed E-state index contributed by atoms with van der Waals surface area (Å²) in [6.07, 6.45) is 3.18. The predicted octanol–water partition coefficient (Wildman–Crippen LogP) is 1.65. The molecule has 1 aromatic heterocycles. The third-order valence-corrected chi connectivity index (χ3v) is 3.70. The van der Waals surface area contributed by atoms with Crippen LogP contribution in [0.5, 0.6) is 0 Å². The Morgan fingerprint density at radius 3 is 2.65 bits per heavy atom. The maximum absolute atomic E-state index is 11.3. The van der Waals surface area contributed by atoms with Crippen molar-refractivity contribution >= 4 is 33.6 Å². The van der Waals surface area contributed by atoms with Gasteiger partial charge in [-0.15, -0.1) is 0 Å². The molecule has 20 heavy (non-hydrogen) atoms. The number of carboxylic acids is 1. The van der Waals surface area contributed by atoms with Gasteiger partial charge in [0.15, 0.2) is 0 Å². The van der Waals surface area contributed by atoms with Crippen LogP contribution in [0.1, 0.15) is 30.1 Å². The van der Waals surface area contributed by atoms with Crippen molar-refractivity contribution in [1.29, 1.82) is 0 Å². The van der Waals surface area contributed by atoms with Gasteiger partial charge in [-0.05, 0) is 34.8 Å². The predicted molar refractivity (Wildman–Crippen MR) is 77.9 cm³/mol. The van der Waals surface area contributed by atoms with Gasteiger partial charge in [-0.2, -0.15) is 0 Å². The minimum absolute atomic E-state index is 0.0311. The number of nitrogens with zero attached hydrogens (tertiary/aromatic N) is 2. The Hall–Kier alpha value is -1.63. The molecule has 108 valence electrons. The topological polar surface area (TPSA) is 82.5 Å². The van der Waals surface area contributed by atoms with E-state index in [0.29, 0.717) is 23.4 Å². The number of hydrogen-bond donors (Lipinski definition) is 2. The highest BCUT2D eigenvalue weighted by atomic mass is 79.9. The zero-order valence-corrected chi connectivity index (χ0v) is 12.7. The lowest BCUT2D eigenvalue weighted by Crippen LogP contribution is -2.44. The maximum Gasteiger partial charge on any atom is 0.339 e. The molecule has 1 fully saturated rings. The van der Waals surface area contributed by atoms with E-state index in [1.54, 1.807) is 12.3 Å². The summed E-state index contributed by atoms with van der Waals surface area (Å²) in [5.41, 5.74) is 0.192. The molecule has 0 radical (unpaired) electrons. The lowest BCUT2D eigenvalue weighted by Gasteiger charge is -2.33. The van der Waals surface area contributed by atoms with Crippen LogP contribution in [-0.2, 0) is 4.79 Å². The van der Waals surface area contributed by atoms with Gasteiger partial charge in [0, 0.05) is 36.7 Å². The summed E-state index contributed by atoms with van der Waals surface area (Å²) in [7, 11) is 0. The van der Waals surface area contributed by atoms with Crippen LogP contribution in [0.3, 0.4) is 0 Å². The summed E-state index contributed by atoms with van der Waals surface area (Å²) >= 11 is 3.23. The fraction of sp³-hybridized carbons (Fsp3) is 0.462. The van der Waals surface area contributed by atoms with Gasteiger partial charge in [0.2, 0.25) is 5.91 Å². The Morgan fingerprint density at radius 1 is 1.45 bits per heavy atom. The van der Waals surface area contributed by atoms with E-state index in [9.17, 15) is 14.7 Å². The van der Waals surface area contributed by atoms with E-state index in [1.807, 2.05) is 4.90 Å². The van der Waals surface area contributed by atoms with Gasteiger partial charge >= 0.3 is 5.97 Å². The molecule has 2 N–H and O–H groups in total. The first-order valence-electron chi connectivity index (χ1n) is 6.38. The lowest BCUT2D eigenvalue weighted by atomic mass is 10.0. The molecule has 1 aliphatic heterocycles. The number of piperidine rings is 1. The van der Waals surface area contributed by atoms with Gasteiger partial charge in [-0.3, -0.25) is 4.79 Å². The number of carbonyl (C=O) groups excluding carboxylic acids is 1. The van der Waals surface area contributed by atoms with Crippen LogP contribution in [0.2, 0.25) is 0 Å². The molecule has 0 atom stereocenters. The fourth-order valence-corrected chi connectivity index (χ4v) is 2.70. The Morgan fingerprint density at radius 2 is 2.10 bits per heavy atom. The van der Waals surface area contributed by atoms with Crippen molar-refractivity contribution in [2.45, 2.75) is 25.8 Å².